The van der Waals surface area contributed by atoms with Gasteiger partial charge in [-0.1, -0.05) is 11.6 Å². The van der Waals surface area contributed by atoms with Crippen molar-refractivity contribution in [3.05, 3.63) is 51.5 Å². The van der Waals surface area contributed by atoms with Crippen molar-refractivity contribution in [1.29, 1.82) is 0 Å². The van der Waals surface area contributed by atoms with Gasteiger partial charge < -0.3 is 15.8 Å². The molecule has 0 aromatic heterocycles. The molecule has 0 spiro atoms. The molecule has 4 nitrogen and oxygen atoms in total. The molecule has 0 unspecified atom stereocenters. The van der Waals surface area contributed by atoms with Gasteiger partial charge in [0.2, 0.25) is 0 Å². The van der Waals surface area contributed by atoms with Crippen molar-refractivity contribution in [1.82, 2.24) is 0 Å². The van der Waals surface area contributed by atoms with Crippen molar-refractivity contribution < 1.29 is 9.53 Å². The summed E-state index contributed by atoms with van der Waals surface area (Å²) >= 11 is 9.21. The van der Waals surface area contributed by atoms with Crippen molar-refractivity contribution in [2.24, 2.45) is 0 Å². The Hall–Kier alpha value is -1.72. The van der Waals surface area contributed by atoms with Gasteiger partial charge in [-0.05, 0) is 46.3 Å². The molecular weight excluding hydrogens is 344 g/mol. The van der Waals surface area contributed by atoms with Crippen LogP contribution in [0.3, 0.4) is 0 Å². The minimum absolute atomic E-state index is 0.295. The molecule has 0 bridgehead atoms. The fourth-order valence-electron chi connectivity index (χ4n) is 1.64. The van der Waals surface area contributed by atoms with Gasteiger partial charge in [-0.2, -0.15) is 0 Å². The number of nitrogens with two attached hydrogens (primary N) is 1. The molecule has 2 aromatic carbocycles. The molecule has 0 heterocycles. The van der Waals surface area contributed by atoms with Crippen LogP contribution in [0.2, 0.25) is 5.02 Å². The molecule has 6 heteroatoms. The molecule has 0 aliphatic heterocycles. The third-order valence-electron chi connectivity index (χ3n) is 2.68. The van der Waals surface area contributed by atoms with Gasteiger partial charge in [0.25, 0.3) is 5.91 Å². The van der Waals surface area contributed by atoms with Gasteiger partial charge in [0, 0.05) is 15.6 Å². The van der Waals surface area contributed by atoms with Gasteiger partial charge in [-0.15, -0.1) is 0 Å². The van der Waals surface area contributed by atoms with Crippen molar-refractivity contribution in [2.45, 2.75) is 0 Å². The molecule has 0 radical (unpaired) electrons. The van der Waals surface area contributed by atoms with E-state index in [2.05, 4.69) is 21.2 Å². The number of hydrogen-bond acceptors (Lipinski definition) is 3. The second kappa shape index (κ2) is 6.15. The summed E-state index contributed by atoms with van der Waals surface area (Å²) in [4.78, 5) is 12.2. The van der Waals surface area contributed by atoms with Gasteiger partial charge in [0.05, 0.1) is 24.0 Å². The quantitative estimate of drug-likeness (QED) is 0.820. The molecule has 0 aliphatic rings. The Labute approximate surface area is 130 Å². The average molecular weight is 356 g/mol. The van der Waals surface area contributed by atoms with E-state index < -0.39 is 0 Å². The number of carbonyl (C=O) groups is 1. The molecule has 0 aliphatic carbocycles. The highest BCUT2D eigenvalue weighted by atomic mass is 79.9. The number of ether oxygens (including phenoxy) is 1. The van der Waals surface area contributed by atoms with E-state index in [4.69, 9.17) is 22.1 Å². The molecule has 2 rings (SSSR count). The van der Waals surface area contributed by atoms with E-state index in [1.54, 1.807) is 43.5 Å². The Morgan fingerprint density at radius 2 is 2.05 bits per heavy atom. The van der Waals surface area contributed by atoms with E-state index in [1.807, 2.05) is 0 Å². The lowest BCUT2D eigenvalue weighted by molar-refractivity contribution is 0.102. The van der Waals surface area contributed by atoms with Crippen LogP contribution < -0.4 is 15.8 Å². The third-order valence-corrected chi connectivity index (χ3v) is 3.61. The summed E-state index contributed by atoms with van der Waals surface area (Å²) in [6, 6.07) is 10.0. The highest BCUT2D eigenvalue weighted by Gasteiger charge is 2.12. The molecule has 0 saturated carbocycles. The maximum absolute atomic E-state index is 12.2. The normalized spacial score (nSPS) is 10.2. The molecule has 3 N–H and O–H groups in total. The van der Waals surface area contributed by atoms with Crippen molar-refractivity contribution in [3.8, 4) is 5.75 Å². The first-order valence-corrected chi connectivity index (χ1v) is 6.88. The summed E-state index contributed by atoms with van der Waals surface area (Å²) in [5.74, 6) is 0.334. The van der Waals surface area contributed by atoms with E-state index >= 15 is 0 Å². The van der Waals surface area contributed by atoms with Crippen molar-refractivity contribution in [2.75, 3.05) is 18.2 Å². The number of methoxy groups -OCH3 is 1. The Morgan fingerprint density at radius 3 is 2.70 bits per heavy atom. The lowest BCUT2D eigenvalue weighted by Gasteiger charge is -2.10. The maximum atomic E-state index is 12.2. The van der Waals surface area contributed by atoms with Crippen LogP contribution in [0.4, 0.5) is 11.4 Å². The van der Waals surface area contributed by atoms with Crippen LogP contribution in [0.25, 0.3) is 0 Å². The topological polar surface area (TPSA) is 64.3 Å². The lowest BCUT2D eigenvalue weighted by Crippen LogP contribution is -2.13. The molecule has 0 atom stereocenters. The van der Waals surface area contributed by atoms with Crippen LogP contribution in [0.1, 0.15) is 10.4 Å². The SMILES string of the molecule is COc1ccc(NC(=O)c2cc(Cl)ccc2Br)c(N)c1. The predicted molar refractivity (Wildman–Crippen MR) is 84.5 cm³/mol. The van der Waals surface area contributed by atoms with E-state index in [1.165, 1.54) is 0 Å². The first-order chi connectivity index (χ1) is 9.51. The summed E-state index contributed by atoms with van der Waals surface area (Å²) in [7, 11) is 1.55. The van der Waals surface area contributed by atoms with Gasteiger partial charge in [-0.3, -0.25) is 4.79 Å². The Bertz CT molecular complexity index is 662. The zero-order chi connectivity index (χ0) is 14.7. The van der Waals surface area contributed by atoms with Crippen LogP contribution in [0, 0.1) is 0 Å². The third kappa shape index (κ3) is 3.23. The fraction of sp³-hybridized carbons (Fsp3) is 0.0714. The molecule has 1 amide bonds. The van der Waals surface area contributed by atoms with E-state index in [9.17, 15) is 4.79 Å². The van der Waals surface area contributed by atoms with E-state index in [0.717, 1.165) is 0 Å². The molecule has 0 fully saturated rings. The molecule has 2 aromatic rings. The van der Waals surface area contributed by atoms with Gasteiger partial charge in [0.15, 0.2) is 0 Å². The van der Waals surface area contributed by atoms with Gasteiger partial charge in [0.1, 0.15) is 5.75 Å². The monoisotopic (exact) mass is 354 g/mol. The van der Waals surface area contributed by atoms with Gasteiger partial charge in [-0.25, -0.2) is 0 Å². The standard InChI is InChI=1S/C14H12BrClN2O2/c1-20-9-3-5-13(12(17)7-9)18-14(19)10-6-8(16)2-4-11(10)15/h2-7H,17H2,1H3,(H,18,19). The zero-order valence-electron chi connectivity index (χ0n) is 10.6. The Morgan fingerprint density at radius 1 is 1.30 bits per heavy atom. The number of amides is 1. The maximum Gasteiger partial charge on any atom is 0.256 e. The summed E-state index contributed by atoms with van der Waals surface area (Å²) < 4.78 is 5.72. The number of carbonyl (C=O) groups excluding carboxylic acids is 1. The Kier molecular flexibility index (Phi) is 4.52. The second-order valence-corrected chi connectivity index (χ2v) is 5.32. The first-order valence-electron chi connectivity index (χ1n) is 5.71. The highest BCUT2D eigenvalue weighted by Crippen LogP contribution is 2.26. The molecular formula is C14H12BrClN2O2. The van der Waals surface area contributed by atoms with Crippen LogP contribution >= 0.6 is 27.5 Å². The predicted octanol–water partition coefficient (Wildman–Crippen LogP) is 3.95. The minimum atomic E-state index is -0.295. The van der Waals surface area contributed by atoms with Crippen LogP contribution in [0.5, 0.6) is 5.75 Å². The minimum Gasteiger partial charge on any atom is -0.497 e. The summed E-state index contributed by atoms with van der Waals surface area (Å²) in [5.41, 5.74) is 7.24. The second-order valence-electron chi connectivity index (χ2n) is 4.03. The number of nitrogens with one attached hydrogen (secondary N) is 1. The lowest BCUT2D eigenvalue weighted by atomic mass is 10.2. The van der Waals surface area contributed by atoms with Crippen LogP contribution in [0.15, 0.2) is 40.9 Å². The molecule has 20 heavy (non-hydrogen) atoms. The largest absolute Gasteiger partial charge is 0.497 e. The zero-order valence-corrected chi connectivity index (χ0v) is 13.0. The van der Waals surface area contributed by atoms with Crippen LogP contribution in [-0.4, -0.2) is 13.0 Å². The number of nitrogen functional groups attached to an aromatic ring is 1. The van der Waals surface area contributed by atoms with E-state index in [-0.39, 0.29) is 5.91 Å². The summed E-state index contributed by atoms with van der Waals surface area (Å²) in [5, 5.41) is 3.22. The molecule has 104 valence electrons. The summed E-state index contributed by atoms with van der Waals surface area (Å²) in [6.45, 7) is 0. The summed E-state index contributed by atoms with van der Waals surface area (Å²) in [6.07, 6.45) is 0. The van der Waals surface area contributed by atoms with Gasteiger partial charge >= 0.3 is 0 Å². The van der Waals surface area contributed by atoms with E-state index in [0.29, 0.717) is 32.2 Å². The van der Waals surface area contributed by atoms with Crippen molar-refractivity contribution in [3.63, 3.8) is 0 Å². The Balaban J connectivity index is 2.25. The number of hydrogen-bond donors (Lipinski definition) is 2. The number of anilines is 2. The number of halogens is 2. The fourth-order valence-corrected chi connectivity index (χ4v) is 2.24. The average Bonchev–Trinajstić information content (AvgIpc) is 2.43. The first kappa shape index (κ1) is 14.7. The number of benzene rings is 2. The smallest absolute Gasteiger partial charge is 0.256 e. The number of rotatable bonds is 3. The molecule has 0 saturated heterocycles. The highest BCUT2D eigenvalue weighted by molar-refractivity contribution is 9.10. The van der Waals surface area contributed by atoms with Crippen LogP contribution in [-0.2, 0) is 0 Å². The van der Waals surface area contributed by atoms with Crippen molar-refractivity contribution >= 4 is 44.8 Å².